The third-order valence-corrected chi connectivity index (χ3v) is 9.11. The predicted molar refractivity (Wildman–Crippen MR) is 191 cm³/mol. The van der Waals surface area contributed by atoms with Crippen LogP contribution in [0.4, 0.5) is 31.9 Å². The van der Waals surface area contributed by atoms with E-state index in [0.29, 0.717) is 36.0 Å². The van der Waals surface area contributed by atoms with Gasteiger partial charge in [-0.1, -0.05) is 56.4 Å². The monoisotopic (exact) mass is 795 g/mol. The molecule has 0 unspecified atom stereocenters. The lowest BCUT2D eigenvalue weighted by Crippen LogP contribution is -2.53. The third kappa shape index (κ3) is 13.3. The molecule has 0 bridgehead atoms. The minimum absolute atomic E-state index is 0.0248. The average Bonchev–Trinajstić information content (AvgIpc) is 3.75. The number of rotatable bonds is 16. The van der Waals surface area contributed by atoms with Crippen molar-refractivity contribution in [3.05, 3.63) is 70.5 Å². The summed E-state index contributed by atoms with van der Waals surface area (Å²) >= 11 is 0. The molecule has 0 radical (unpaired) electrons. The van der Waals surface area contributed by atoms with Crippen LogP contribution in [0.1, 0.15) is 94.4 Å². The van der Waals surface area contributed by atoms with Crippen LogP contribution in [0.15, 0.2) is 42.5 Å². The number of primary amides is 1. The number of likely N-dealkylation sites (tertiary alicyclic amines) is 1. The summed E-state index contributed by atoms with van der Waals surface area (Å²) < 4.78 is 68.4. The van der Waals surface area contributed by atoms with Crippen LogP contribution in [0, 0.1) is 5.82 Å². The summed E-state index contributed by atoms with van der Waals surface area (Å²) in [7, 11) is 0. The highest BCUT2D eigenvalue weighted by Gasteiger charge is 2.43. The highest BCUT2D eigenvalue weighted by atomic mass is 19.4. The maximum absolute atomic E-state index is 14.2. The fraction of sp³-hybridized carbons (Fsp3) is 0.553. The molecular formula is C38H49F4N5O9. The number of amides is 5. The van der Waals surface area contributed by atoms with Crippen molar-refractivity contribution in [2.75, 3.05) is 13.2 Å². The van der Waals surface area contributed by atoms with Crippen molar-refractivity contribution in [3.63, 3.8) is 0 Å². The van der Waals surface area contributed by atoms with E-state index in [1.807, 2.05) is 0 Å². The molecule has 14 nitrogen and oxygen atoms in total. The van der Waals surface area contributed by atoms with Crippen LogP contribution >= 0.6 is 0 Å². The number of nitrogens with two attached hydrogens (primary N) is 1. The molecule has 3 atom stereocenters. The number of alkyl halides is 3. The molecule has 4 rings (SSSR count). The standard InChI is InChI=1S/C38H49F4N5O9/c1-37(2,3)56-34(50)44-30(13-8-6-4-5-7-9-18-53-35(51)45-54-23-24-14-16-26(17-15-24)38(40,41)42)33(49)47-21-27(19-31(47)32(43)48)55-36(52)46-20-25-11-10-12-29(39)28(25)22-46/h10-12,14-17,27,30-31H,4-9,13,18-23H2,1-3H3,(H2,43,48)(H,44,50)(H,45,51)/t27-,30+,31+/m1/s1. The van der Waals surface area contributed by atoms with Crippen molar-refractivity contribution in [1.82, 2.24) is 20.6 Å². The summed E-state index contributed by atoms with van der Waals surface area (Å²) in [6.07, 6.45) is -3.44. The van der Waals surface area contributed by atoms with Gasteiger partial charge in [-0.25, -0.2) is 18.8 Å². The Labute approximate surface area is 322 Å². The van der Waals surface area contributed by atoms with Gasteiger partial charge >= 0.3 is 24.5 Å². The second kappa shape index (κ2) is 19.6. The first-order valence-corrected chi connectivity index (χ1v) is 18.4. The Morgan fingerprint density at radius 3 is 2.23 bits per heavy atom. The van der Waals surface area contributed by atoms with Gasteiger partial charge in [0.15, 0.2) is 0 Å². The highest BCUT2D eigenvalue weighted by molar-refractivity contribution is 5.91. The van der Waals surface area contributed by atoms with E-state index in [4.69, 9.17) is 24.8 Å². The summed E-state index contributed by atoms with van der Waals surface area (Å²) in [6.45, 7) is 5.05. The molecule has 2 aliphatic rings. The number of halogens is 4. The topological polar surface area (TPSA) is 179 Å². The second-order valence-corrected chi connectivity index (χ2v) is 14.7. The number of carbonyl (C=O) groups excluding carboxylic acids is 5. The van der Waals surface area contributed by atoms with Crippen molar-refractivity contribution in [2.24, 2.45) is 5.73 Å². The minimum Gasteiger partial charge on any atom is -0.448 e. The van der Waals surface area contributed by atoms with Crippen molar-refractivity contribution in [1.29, 1.82) is 0 Å². The Balaban J connectivity index is 1.18. The van der Waals surface area contributed by atoms with E-state index in [1.54, 1.807) is 32.9 Å². The molecular weight excluding hydrogens is 746 g/mol. The Kier molecular flexibility index (Phi) is 15.3. The summed E-state index contributed by atoms with van der Waals surface area (Å²) in [5.74, 6) is -1.79. The Morgan fingerprint density at radius 1 is 0.911 bits per heavy atom. The molecule has 0 aliphatic carbocycles. The van der Waals surface area contributed by atoms with Gasteiger partial charge < -0.3 is 30.2 Å². The maximum atomic E-state index is 14.2. The second-order valence-electron chi connectivity index (χ2n) is 14.7. The Hall–Kier alpha value is -5.13. The van der Waals surface area contributed by atoms with Gasteiger partial charge in [-0.05, 0) is 62.9 Å². The third-order valence-electron chi connectivity index (χ3n) is 9.11. The van der Waals surface area contributed by atoms with Crippen LogP contribution in [0.5, 0.6) is 0 Å². The van der Waals surface area contributed by atoms with Gasteiger partial charge in [-0.15, -0.1) is 0 Å². The van der Waals surface area contributed by atoms with Crippen molar-refractivity contribution in [2.45, 2.75) is 122 Å². The molecule has 0 aromatic heterocycles. The quantitative estimate of drug-likeness (QED) is 0.0769. The average molecular weight is 796 g/mol. The molecule has 2 heterocycles. The smallest absolute Gasteiger partial charge is 0.431 e. The van der Waals surface area contributed by atoms with Crippen LogP contribution in [-0.2, 0) is 54.5 Å². The van der Waals surface area contributed by atoms with Gasteiger partial charge in [0.05, 0.1) is 31.9 Å². The first-order chi connectivity index (χ1) is 26.4. The Bertz CT molecular complexity index is 1690. The minimum atomic E-state index is -4.45. The molecule has 18 heteroatoms. The van der Waals surface area contributed by atoms with E-state index in [1.165, 1.54) is 28.0 Å². The molecule has 308 valence electrons. The van der Waals surface area contributed by atoms with Gasteiger partial charge in [-0.2, -0.15) is 18.7 Å². The number of hydroxylamine groups is 1. The molecule has 5 amide bonds. The number of carbonyl (C=O) groups is 5. The molecule has 0 spiro atoms. The number of hydrogen-bond acceptors (Lipinski definition) is 9. The number of benzene rings is 2. The van der Waals surface area contributed by atoms with Crippen molar-refractivity contribution in [3.8, 4) is 0 Å². The summed E-state index contributed by atoms with van der Waals surface area (Å²) in [4.78, 5) is 71.5. The maximum Gasteiger partial charge on any atom is 0.431 e. The zero-order chi connectivity index (χ0) is 41.0. The lowest BCUT2D eigenvalue weighted by atomic mass is 10.0. The largest absolute Gasteiger partial charge is 0.448 e. The molecule has 2 aromatic rings. The number of unbranched alkanes of at least 4 members (excludes halogenated alkanes) is 5. The summed E-state index contributed by atoms with van der Waals surface area (Å²) in [5, 5.41) is 2.62. The predicted octanol–water partition coefficient (Wildman–Crippen LogP) is 6.23. The van der Waals surface area contributed by atoms with Crippen LogP contribution in [-0.4, -0.2) is 76.8 Å². The lowest BCUT2D eigenvalue weighted by Gasteiger charge is -2.28. The van der Waals surface area contributed by atoms with E-state index in [2.05, 4.69) is 10.8 Å². The number of nitrogens with one attached hydrogen (secondary N) is 2. The van der Waals surface area contributed by atoms with Crippen LogP contribution in [0.25, 0.3) is 0 Å². The normalized spacial score (nSPS) is 17.2. The highest BCUT2D eigenvalue weighted by Crippen LogP contribution is 2.30. The van der Waals surface area contributed by atoms with E-state index in [-0.39, 0.29) is 45.7 Å². The first-order valence-electron chi connectivity index (χ1n) is 18.4. The molecule has 1 fully saturated rings. The molecule has 1 saturated heterocycles. The molecule has 4 N–H and O–H groups in total. The number of nitrogens with zero attached hydrogens (tertiary/aromatic N) is 2. The van der Waals surface area contributed by atoms with Crippen LogP contribution in [0.2, 0.25) is 0 Å². The number of ether oxygens (including phenoxy) is 3. The van der Waals surface area contributed by atoms with Gasteiger partial charge in [0.1, 0.15) is 29.6 Å². The van der Waals surface area contributed by atoms with Gasteiger partial charge in [0, 0.05) is 18.5 Å². The number of fused-ring (bicyclic) bond motifs is 1. The van der Waals surface area contributed by atoms with Crippen molar-refractivity contribution >= 4 is 30.1 Å². The fourth-order valence-electron chi connectivity index (χ4n) is 6.35. The number of alkyl carbamates (subject to hydrolysis) is 1. The summed E-state index contributed by atoms with van der Waals surface area (Å²) in [5.41, 5.74) is 7.61. The fourth-order valence-corrected chi connectivity index (χ4v) is 6.35. The molecule has 56 heavy (non-hydrogen) atoms. The van der Waals surface area contributed by atoms with Crippen molar-refractivity contribution < 1.29 is 60.6 Å². The SMILES string of the molecule is CC(C)(C)OC(=O)N[C@@H](CCCCCCCCOC(=O)NOCc1ccc(C(F)(F)F)cc1)C(=O)N1C[C@H](OC(=O)N2Cc3cccc(F)c3C2)C[C@H]1C(N)=O. The first kappa shape index (κ1) is 43.6. The zero-order valence-corrected chi connectivity index (χ0v) is 31.6. The van der Waals surface area contributed by atoms with E-state index >= 15 is 0 Å². The van der Waals surface area contributed by atoms with E-state index < -0.39 is 71.4 Å². The Morgan fingerprint density at radius 2 is 1.59 bits per heavy atom. The molecule has 0 saturated carbocycles. The van der Waals surface area contributed by atoms with Gasteiger partial charge in [-0.3, -0.25) is 19.3 Å². The molecule has 2 aromatic carbocycles. The van der Waals surface area contributed by atoms with Gasteiger partial charge in [0.25, 0.3) is 0 Å². The summed E-state index contributed by atoms with van der Waals surface area (Å²) in [6, 6.07) is 6.77. The molecule has 2 aliphatic heterocycles. The zero-order valence-electron chi connectivity index (χ0n) is 31.6. The van der Waals surface area contributed by atoms with E-state index in [9.17, 15) is 41.5 Å². The number of hydrogen-bond donors (Lipinski definition) is 3. The van der Waals surface area contributed by atoms with E-state index in [0.717, 1.165) is 31.4 Å². The van der Waals surface area contributed by atoms with Gasteiger partial charge in [0.2, 0.25) is 11.8 Å². The van der Waals surface area contributed by atoms with Crippen LogP contribution in [0.3, 0.4) is 0 Å². The van der Waals surface area contributed by atoms with Crippen LogP contribution < -0.4 is 16.5 Å². The lowest BCUT2D eigenvalue weighted by molar-refractivity contribution is -0.139.